The molecule has 0 bridgehead atoms. The average molecular weight is 268 g/mol. The highest BCUT2D eigenvalue weighted by Gasteiger charge is 2.12. The van der Waals surface area contributed by atoms with Gasteiger partial charge in [-0.15, -0.1) is 0 Å². The van der Waals surface area contributed by atoms with Crippen molar-refractivity contribution in [1.82, 2.24) is 4.90 Å². The minimum atomic E-state index is -0.0329. The van der Waals surface area contributed by atoms with Crippen LogP contribution < -0.4 is 5.73 Å². The van der Waals surface area contributed by atoms with Crippen LogP contribution in [0.25, 0.3) is 0 Å². The average Bonchev–Trinajstić information content (AvgIpc) is 2.49. The maximum absolute atomic E-state index is 12.0. The van der Waals surface area contributed by atoms with Gasteiger partial charge < -0.3 is 10.6 Å². The van der Waals surface area contributed by atoms with Gasteiger partial charge in [-0.3, -0.25) is 4.79 Å². The summed E-state index contributed by atoms with van der Waals surface area (Å²) in [5.74, 6) is -0.0329. The maximum Gasteiger partial charge on any atom is 0.236 e. The molecule has 20 heavy (non-hydrogen) atoms. The van der Waals surface area contributed by atoms with Crippen molar-refractivity contribution < 1.29 is 4.79 Å². The van der Waals surface area contributed by atoms with Crippen LogP contribution in [0.2, 0.25) is 0 Å². The van der Waals surface area contributed by atoms with Crippen LogP contribution in [0, 0.1) is 6.92 Å². The van der Waals surface area contributed by atoms with Gasteiger partial charge in [0.05, 0.1) is 6.54 Å². The molecule has 0 aromatic heterocycles. The second kappa shape index (κ2) is 6.87. The fraction of sp³-hybridized carbons (Fsp3) is 0.235. The van der Waals surface area contributed by atoms with Crippen LogP contribution in [0.1, 0.15) is 16.7 Å². The van der Waals surface area contributed by atoms with Gasteiger partial charge in [0.15, 0.2) is 0 Å². The second-order valence-corrected chi connectivity index (χ2v) is 4.93. The van der Waals surface area contributed by atoms with E-state index in [9.17, 15) is 4.79 Å². The summed E-state index contributed by atoms with van der Waals surface area (Å²) in [6.07, 6.45) is 0. The monoisotopic (exact) mass is 268 g/mol. The lowest BCUT2D eigenvalue weighted by Crippen LogP contribution is -2.35. The van der Waals surface area contributed by atoms with E-state index in [-0.39, 0.29) is 12.5 Å². The van der Waals surface area contributed by atoms with E-state index in [2.05, 4.69) is 31.2 Å². The van der Waals surface area contributed by atoms with E-state index < -0.39 is 0 Å². The Labute approximate surface area is 120 Å². The third kappa shape index (κ3) is 3.93. The fourth-order valence-electron chi connectivity index (χ4n) is 2.08. The summed E-state index contributed by atoms with van der Waals surface area (Å²) >= 11 is 0. The first kappa shape index (κ1) is 14.3. The van der Waals surface area contributed by atoms with Crippen LogP contribution in [0.4, 0.5) is 0 Å². The Bertz CT molecular complexity index is 549. The number of rotatable bonds is 5. The normalized spacial score (nSPS) is 10.3. The fourth-order valence-corrected chi connectivity index (χ4v) is 2.08. The lowest BCUT2D eigenvalue weighted by atomic mass is 10.1. The number of carbonyl (C=O) groups is 1. The molecule has 1 amide bonds. The Morgan fingerprint density at radius 2 is 1.50 bits per heavy atom. The summed E-state index contributed by atoms with van der Waals surface area (Å²) in [6, 6.07) is 18.2. The SMILES string of the molecule is Cc1ccc(CN(Cc2ccccc2)C(=O)CN)cc1. The maximum atomic E-state index is 12.0. The quantitative estimate of drug-likeness (QED) is 0.905. The molecule has 0 saturated heterocycles. The van der Waals surface area contributed by atoms with Crippen LogP contribution in [0.5, 0.6) is 0 Å². The molecule has 2 rings (SSSR count). The summed E-state index contributed by atoms with van der Waals surface area (Å²) in [7, 11) is 0. The first-order valence-corrected chi connectivity index (χ1v) is 6.76. The number of hydrogen-bond donors (Lipinski definition) is 1. The Hall–Kier alpha value is -2.13. The summed E-state index contributed by atoms with van der Waals surface area (Å²) in [4.78, 5) is 13.8. The van der Waals surface area contributed by atoms with Crippen molar-refractivity contribution in [3.8, 4) is 0 Å². The third-order valence-electron chi connectivity index (χ3n) is 3.24. The highest BCUT2D eigenvalue weighted by Crippen LogP contribution is 2.11. The van der Waals surface area contributed by atoms with Gasteiger partial charge in [-0.05, 0) is 18.1 Å². The van der Waals surface area contributed by atoms with E-state index in [0.717, 1.165) is 11.1 Å². The molecule has 0 atom stereocenters. The molecule has 2 aromatic rings. The summed E-state index contributed by atoms with van der Waals surface area (Å²) in [5.41, 5.74) is 8.96. The zero-order valence-corrected chi connectivity index (χ0v) is 11.8. The molecule has 104 valence electrons. The number of nitrogens with two attached hydrogens (primary N) is 1. The topological polar surface area (TPSA) is 46.3 Å². The summed E-state index contributed by atoms with van der Waals surface area (Å²) in [6.45, 7) is 3.27. The van der Waals surface area contributed by atoms with Crippen molar-refractivity contribution in [3.63, 3.8) is 0 Å². The molecule has 3 heteroatoms. The first-order valence-electron chi connectivity index (χ1n) is 6.76. The molecular formula is C17H20N2O. The van der Waals surface area contributed by atoms with Crippen molar-refractivity contribution in [2.75, 3.05) is 6.54 Å². The summed E-state index contributed by atoms with van der Waals surface area (Å²) < 4.78 is 0. The third-order valence-corrected chi connectivity index (χ3v) is 3.24. The van der Waals surface area contributed by atoms with Crippen molar-refractivity contribution in [3.05, 3.63) is 71.3 Å². The minimum Gasteiger partial charge on any atom is -0.333 e. The van der Waals surface area contributed by atoms with Crippen LogP contribution in [0.3, 0.4) is 0 Å². The molecule has 2 N–H and O–H groups in total. The number of hydrogen-bond acceptors (Lipinski definition) is 2. The number of aryl methyl sites for hydroxylation is 1. The molecule has 0 heterocycles. The van der Waals surface area contributed by atoms with Crippen molar-refractivity contribution in [2.24, 2.45) is 5.73 Å². The molecular weight excluding hydrogens is 248 g/mol. The van der Waals surface area contributed by atoms with E-state index in [4.69, 9.17) is 5.73 Å². The number of nitrogens with zero attached hydrogens (tertiary/aromatic N) is 1. The predicted octanol–water partition coefficient (Wildman–Crippen LogP) is 2.48. The number of amides is 1. The van der Waals surface area contributed by atoms with Gasteiger partial charge in [0.25, 0.3) is 0 Å². The van der Waals surface area contributed by atoms with E-state index in [0.29, 0.717) is 13.1 Å². The van der Waals surface area contributed by atoms with Crippen molar-refractivity contribution >= 4 is 5.91 Å². The van der Waals surface area contributed by atoms with Crippen LogP contribution >= 0.6 is 0 Å². The number of benzene rings is 2. The Morgan fingerprint density at radius 1 is 0.950 bits per heavy atom. The van der Waals surface area contributed by atoms with Gasteiger partial charge in [-0.2, -0.15) is 0 Å². The Kier molecular flexibility index (Phi) is 4.91. The minimum absolute atomic E-state index is 0.0329. The molecule has 0 spiro atoms. The van der Waals surface area contributed by atoms with E-state index in [1.807, 2.05) is 30.3 Å². The molecule has 0 aliphatic carbocycles. The van der Waals surface area contributed by atoms with Crippen LogP contribution in [-0.4, -0.2) is 17.4 Å². The van der Waals surface area contributed by atoms with E-state index in [1.165, 1.54) is 5.56 Å². The zero-order chi connectivity index (χ0) is 14.4. The molecule has 0 saturated carbocycles. The number of carbonyl (C=O) groups excluding carboxylic acids is 1. The zero-order valence-electron chi connectivity index (χ0n) is 11.8. The lowest BCUT2D eigenvalue weighted by Gasteiger charge is -2.22. The predicted molar refractivity (Wildman–Crippen MR) is 80.9 cm³/mol. The molecule has 0 aliphatic heterocycles. The van der Waals surface area contributed by atoms with E-state index in [1.54, 1.807) is 4.90 Å². The van der Waals surface area contributed by atoms with Gasteiger partial charge in [0.1, 0.15) is 0 Å². The standard InChI is InChI=1S/C17H20N2O/c1-14-7-9-16(10-8-14)13-19(17(20)11-18)12-15-5-3-2-4-6-15/h2-10H,11-13,18H2,1H3. The van der Waals surface area contributed by atoms with Crippen molar-refractivity contribution in [2.45, 2.75) is 20.0 Å². The van der Waals surface area contributed by atoms with Gasteiger partial charge >= 0.3 is 0 Å². The highest BCUT2D eigenvalue weighted by atomic mass is 16.2. The Morgan fingerprint density at radius 3 is 2.05 bits per heavy atom. The molecule has 0 aliphatic rings. The molecule has 3 nitrogen and oxygen atoms in total. The van der Waals surface area contributed by atoms with Gasteiger partial charge in [0.2, 0.25) is 5.91 Å². The summed E-state index contributed by atoms with van der Waals surface area (Å²) in [5, 5.41) is 0. The van der Waals surface area contributed by atoms with Crippen LogP contribution in [0.15, 0.2) is 54.6 Å². The molecule has 0 radical (unpaired) electrons. The molecule has 2 aromatic carbocycles. The van der Waals surface area contributed by atoms with Crippen LogP contribution in [-0.2, 0) is 17.9 Å². The van der Waals surface area contributed by atoms with Gasteiger partial charge in [-0.25, -0.2) is 0 Å². The smallest absolute Gasteiger partial charge is 0.236 e. The second-order valence-electron chi connectivity index (χ2n) is 4.93. The lowest BCUT2D eigenvalue weighted by molar-refractivity contribution is -0.130. The van der Waals surface area contributed by atoms with Crippen molar-refractivity contribution in [1.29, 1.82) is 0 Å². The molecule has 0 fully saturated rings. The molecule has 0 unspecified atom stereocenters. The van der Waals surface area contributed by atoms with Gasteiger partial charge in [-0.1, -0.05) is 60.2 Å². The van der Waals surface area contributed by atoms with Gasteiger partial charge in [0, 0.05) is 13.1 Å². The Balaban J connectivity index is 2.11. The van der Waals surface area contributed by atoms with E-state index >= 15 is 0 Å². The highest BCUT2D eigenvalue weighted by molar-refractivity contribution is 5.78. The largest absolute Gasteiger partial charge is 0.333 e. The first-order chi connectivity index (χ1) is 9.69.